The number of carbonyl (C=O) groups excluding carboxylic acids is 2. The largest absolute Gasteiger partial charge is 0.342 e. The first-order valence-corrected chi connectivity index (χ1v) is 10.6. The minimum atomic E-state index is -0.0793. The van der Waals surface area contributed by atoms with Crippen LogP contribution in [0.2, 0.25) is 0 Å². The lowest BCUT2D eigenvalue weighted by molar-refractivity contribution is -0.135. The number of nitrogens with zero attached hydrogens (tertiary/aromatic N) is 4. The normalized spacial score (nSPS) is 23.8. The van der Waals surface area contributed by atoms with Crippen molar-refractivity contribution in [3.63, 3.8) is 0 Å². The first-order valence-electron chi connectivity index (χ1n) is 10.6. The van der Waals surface area contributed by atoms with E-state index in [1.165, 1.54) is 25.7 Å². The zero-order valence-corrected chi connectivity index (χ0v) is 16.1. The number of piperidine rings is 1. The summed E-state index contributed by atoms with van der Waals surface area (Å²) in [6.07, 6.45) is 11.0. The van der Waals surface area contributed by atoms with E-state index < -0.39 is 0 Å². The fourth-order valence-corrected chi connectivity index (χ4v) is 4.68. The third-order valence-corrected chi connectivity index (χ3v) is 6.26. The quantitative estimate of drug-likeness (QED) is 0.882. The van der Waals surface area contributed by atoms with Gasteiger partial charge in [0.25, 0.3) is 0 Å². The molecule has 7 heteroatoms. The Balaban J connectivity index is 1.27. The van der Waals surface area contributed by atoms with Crippen molar-refractivity contribution in [2.75, 3.05) is 26.2 Å². The highest BCUT2D eigenvalue weighted by Crippen LogP contribution is 2.28. The molecule has 0 spiro atoms. The molecule has 3 heterocycles. The Labute approximate surface area is 161 Å². The standard InChI is InChI=1S/C20H31N5O2/c26-19(23-10-3-4-11-23)16-6-5-12-24(15-16)20(27)21-14-17-9-13-25(22-17)18-7-1-2-8-18/h9,13,16,18H,1-8,10-12,14-15H2,(H,21,27). The van der Waals surface area contributed by atoms with Gasteiger partial charge in [0.15, 0.2) is 0 Å². The van der Waals surface area contributed by atoms with E-state index in [2.05, 4.69) is 15.1 Å². The molecule has 1 unspecified atom stereocenters. The van der Waals surface area contributed by atoms with E-state index in [1.54, 1.807) is 4.90 Å². The SMILES string of the molecule is O=C(NCc1ccn(C2CCCC2)n1)N1CCCC(C(=O)N2CCCC2)C1. The van der Waals surface area contributed by atoms with Crippen molar-refractivity contribution in [1.29, 1.82) is 0 Å². The summed E-state index contributed by atoms with van der Waals surface area (Å²) in [5.74, 6) is 0.199. The number of hydrogen-bond donors (Lipinski definition) is 1. The number of nitrogens with one attached hydrogen (secondary N) is 1. The molecule has 27 heavy (non-hydrogen) atoms. The second-order valence-electron chi connectivity index (χ2n) is 8.20. The van der Waals surface area contributed by atoms with E-state index in [-0.39, 0.29) is 17.9 Å². The second kappa shape index (κ2) is 8.31. The average molecular weight is 374 g/mol. The van der Waals surface area contributed by atoms with Gasteiger partial charge in [-0.1, -0.05) is 12.8 Å². The second-order valence-corrected chi connectivity index (χ2v) is 8.20. The number of urea groups is 1. The topological polar surface area (TPSA) is 70.5 Å². The van der Waals surface area contributed by atoms with Crippen LogP contribution in [0.25, 0.3) is 0 Å². The fraction of sp³-hybridized carbons (Fsp3) is 0.750. The summed E-state index contributed by atoms with van der Waals surface area (Å²) < 4.78 is 2.06. The van der Waals surface area contributed by atoms with Gasteiger partial charge < -0.3 is 15.1 Å². The van der Waals surface area contributed by atoms with Gasteiger partial charge in [0, 0.05) is 32.4 Å². The first-order chi connectivity index (χ1) is 13.2. The molecule has 3 amide bonds. The summed E-state index contributed by atoms with van der Waals surface area (Å²) in [4.78, 5) is 29.0. The molecule has 148 valence electrons. The maximum atomic E-state index is 12.6. The van der Waals surface area contributed by atoms with Crippen LogP contribution in [0.4, 0.5) is 4.79 Å². The molecule has 0 radical (unpaired) electrons. The highest BCUT2D eigenvalue weighted by molar-refractivity contribution is 5.81. The molecule has 3 fully saturated rings. The van der Waals surface area contributed by atoms with Crippen LogP contribution in [-0.2, 0) is 11.3 Å². The van der Waals surface area contributed by atoms with Crippen LogP contribution in [0.3, 0.4) is 0 Å². The van der Waals surface area contributed by atoms with Gasteiger partial charge >= 0.3 is 6.03 Å². The molecular formula is C20H31N5O2. The number of carbonyl (C=O) groups is 2. The molecule has 3 aliphatic rings. The Morgan fingerprint density at radius 1 is 1.00 bits per heavy atom. The number of hydrogen-bond acceptors (Lipinski definition) is 3. The van der Waals surface area contributed by atoms with Crippen LogP contribution in [0.5, 0.6) is 0 Å². The predicted octanol–water partition coefficient (Wildman–Crippen LogP) is 2.54. The molecule has 0 bridgehead atoms. The third kappa shape index (κ3) is 4.28. The molecule has 2 saturated heterocycles. The van der Waals surface area contributed by atoms with Crippen LogP contribution >= 0.6 is 0 Å². The molecule has 1 aromatic heterocycles. The highest BCUT2D eigenvalue weighted by Gasteiger charge is 2.32. The Morgan fingerprint density at radius 3 is 2.52 bits per heavy atom. The minimum Gasteiger partial charge on any atom is -0.342 e. The van der Waals surface area contributed by atoms with Gasteiger partial charge in [-0.2, -0.15) is 5.10 Å². The van der Waals surface area contributed by atoms with Crippen molar-refractivity contribution >= 4 is 11.9 Å². The molecule has 1 N–H and O–H groups in total. The monoisotopic (exact) mass is 373 g/mol. The van der Waals surface area contributed by atoms with Crippen LogP contribution in [0, 0.1) is 5.92 Å². The Morgan fingerprint density at radius 2 is 1.74 bits per heavy atom. The maximum absolute atomic E-state index is 12.6. The van der Waals surface area contributed by atoms with Crippen molar-refractivity contribution in [3.05, 3.63) is 18.0 Å². The lowest BCUT2D eigenvalue weighted by Gasteiger charge is -2.33. The maximum Gasteiger partial charge on any atom is 0.317 e. The van der Waals surface area contributed by atoms with Crippen molar-refractivity contribution in [2.24, 2.45) is 5.92 Å². The molecule has 4 rings (SSSR count). The molecule has 1 aromatic rings. The van der Waals surface area contributed by atoms with Gasteiger partial charge in [0.2, 0.25) is 5.91 Å². The van der Waals surface area contributed by atoms with Gasteiger partial charge in [0.1, 0.15) is 0 Å². The van der Waals surface area contributed by atoms with Crippen LogP contribution in [0.1, 0.15) is 63.1 Å². The van der Waals surface area contributed by atoms with E-state index >= 15 is 0 Å². The summed E-state index contributed by atoms with van der Waals surface area (Å²) in [5.41, 5.74) is 0.900. The summed E-state index contributed by atoms with van der Waals surface area (Å²) >= 11 is 0. The molecule has 1 atom stereocenters. The summed E-state index contributed by atoms with van der Waals surface area (Å²) in [6, 6.07) is 2.44. The molecular weight excluding hydrogens is 342 g/mol. The predicted molar refractivity (Wildman–Crippen MR) is 102 cm³/mol. The Bertz CT molecular complexity index is 661. The Hall–Kier alpha value is -2.05. The highest BCUT2D eigenvalue weighted by atomic mass is 16.2. The number of likely N-dealkylation sites (tertiary alicyclic amines) is 2. The van der Waals surface area contributed by atoms with Gasteiger partial charge in [-0.25, -0.2) is 4.79 Å². The smallest absolute Gasteiger partial charge is 0.317 e. The third-order valence-electron chi connectivity index (χ3n) is 6.26. The molecule has 2 aliphatic heterocycles. The Kier molecular flexibility index (Phi) is 5.64. The number of aromatic nitrogens is 2. The molecule has 0 aromatic carbocycles. The first kappa shape index (κ1) is 18.3. The number of amides is 3. The average Bonchev–Trinajstić information content (AvgIpc) is 3.47. The van der Waals surface area contributed by atoms with Crippen LogP contribution in [-0.4, -0.2) is 57.7 Å². The zero-order chi connectivity index (χ0) is 18.6. The molecule has 7 nitrogen and oxygen atoms in total. The lowest BCUT2D eigenvalue weighted by atomic mass is 9.97. The fourth-order valence-electron chi connectivity index (χ4n) is 4.68. The minimum absolute atomic E-state index is 0.0378. The van der Waals surface area contributed by atoms with Gasteiger partial charge in [-0.05, 0) is 44.6 Å². The van der Waals surface area contributed by atoms with Crippen molar-refractivity contribution < 1.29 is 9.59 Å². The van der Waals surface area contributed by atoms with Crippen LogP contribution in [0.15, 0.2) is 12.3 Å². The van der Waals surface area contributed by atoms with E-state index in [1.807, 2.05) is 17.2 Å². The van der Waals surface area contributed by atoms with Gasteiger partial charge in [0.05, 0.1) is 24.2 Å². The lowest BCUT2D eigenvalue weighted by Crippen LogP contribution is -2.49. The van der Waals surface area contributed by atoms with E-state index in [4.69, 9.17) is 0 Å². The molecule has 1 aliphatic carbocycles. The van der Waals surface area contributed by atoms with E-state index in [9.17, 15) is 9.59 Å². The molecule has 1 saturated carbocycles. The van der Waals surface area contributed by atoms with Crippen molar-refractivity contribution in [2.45, 2.75) is 64.0 Å². The van der Waals surface area contributed by atoms with Gasteiger partial charge in [-0.3, -0.25) is 9.48 Å². The van der Waals surface area contributed by atoms with Gasteiger partial charge in [-0.15, -0.1) is 0 Å². The van der Waals surface area contributed by atoms with Crippen molar-refractivity contribution in [3.8, 4) is 0 Å². The summed E-state index contributed by atoms with van der Waals surface area (Å²) in [5, 5.41) is 7.62. The van der Waals surface area contributed by atoms with Crippen molar-refractivity contribution in [1.82, 2.24) is 24.9 Å². The van der Waals surface area contributed by atoms with Crippen LogP contribution < -0.4 is 5.32 Å². The number of rotatable bonds is 4. The summed E-state index contributed by atoms with van der Waals surface area (Å²) in [7, 11) is 0. The van der Waals surface area contributed by atoms with E-state index in [0.717, 1.165) is 51.0 Å². The zero-order valence-electron chi connectivity index (χ0n) is 16.1. The van der Waals surface area contributed by atoms with E-state index in [0.29, 0.717) is 19.1 Å². The summed E-state index contributed by atoms with van der Waals surface area (Å²) in [6.45, 7) is 3.47.